The third kappa shape index (κ3) is 1.68. The summed E-state index contributed by atoms with van der Waals surface area (Å²) < 4.78 is 17.6. The van der Waals surface area contributed by atoms with Crippen LogP contribution in [0.1, 0.15) is 25.3 Å². The Hall–Kier alpha value is -0.940. The molecule has 0 bridgehead atoms. The molecule has 1 N–H and O–H groups in total. The van der Waals surface area contributed by atoms with Crippen molar-refractivity contribution in [3.8, 4) is 17.2 Å². The van der Waals surface area contributed by atoms with E-state index in [1.54, 1.807) is 7.11 Å². The van der Waals surface area contributed by atoms with E-state index in [9.17, 15) is 0 Å². The summed E-state index contributed by atoms with van der Waals surface area (Å²) in [5, 5.41) is 3.54. The molecule has 2 heterocycles. The van der Waals surface area contributed by atoms with Crippen molar-refractivity contribution in [2.24, 2.45) is 0 Å². The van der Waals surface area contributed by atoms with Gasteiger partial charge >= 0.3 is 0 Å². The summed E-state index contributed by atoms with van der Waals surface area (Å²) in [6.07, 6.45) is 2.22. The molecule has 0 amide bonds. The lowest BCUT2D eigenvalue weighted by atomic mass is 9.88. The first kappa shape index (κ1) is 12.1. The molecule has 2 aliphatic heterocycles. The average Bonchev–Trinajstić information content (AvgIpc) is 2.96. The molecule has 3 rings (SSSR count). The SMILES string of the molecule is COc1c(Br)cc2c(c1C1(C)CCCN1)OCO2. The highest BCUT2D eigenvalue weighted by Gasteiger charge is 2.39. The van der Waals surface area contributed by atoms with Crippen LogP contribution in [0.2, 0.25) is 0 Å². The van der Waals surface area contributed by atoms with Crippen LogP contribution in [-0.4, -0.2) is 20.4 Å². The molecule has 0 spiro atoms. The van der Waals surface area contributed by atoms with Gasteiger partial charge < -0.3 is 19.5 Å². The molecule has 0 radical (unpaired) electrons. The lowest BCUT2D eigenvalue weighted by Crippen LogP contribution is -2.34. The van der Waals surface area contributed by atoms with Gasteiger partial charge in [-0.1, -0.05) is 0 Å². The molecule has 2 aliphatic rings. The predicted octanol–water partition coefficient (Wildman–Crippen LogP) is 2.79. The van der Waals surface area contributed by atoms with E-state index in [1.165, 1.54) is 0 Å². The molecule has 1 atom stereocenters. The van der Waals surface area contributed by atoms with Crippen molar-refractivity contribution in [3.05, 3.63) is 16.1 Å². The molecule has 1 unspecified atom stereocenters. The molecule has 0 aliphatic carbocycles. The van der Waals surface area contributed by atoms with Crippen molar-refractivity contribution in [1.82, 2.24) is 5.32 Å². The number of hydrogen-bond donors (Lipinski definition) is 1. The van der Waals surface area contributed by atoms with Gasteiger partial charge in [0.05, 0.1) is 17.1 Å². The van der Waals surface area contributed by atoms with Gasteiger partial charge in [-0.15, -0.1) is 0 Å². The minimum absolute atomic E-state index is 0.118. The summed E-state index contributed by atoms with van der Waals surface area (Å²) in [6, 6.07) is 1.91. The topological polar surface area (TPSA) is 39.7 Å². The van der Waals surface area contributed by atoms with Gasteiger partial charge in [-0.25, -0.2) is 0 Å². The second-order valence-electron chi connectivity index (χ2n) is 4.86. The lowest BCUT2D eigenvalue weighted by Gasteiger charge is -2.28. The monoisotopic (exact) mass is 313 g/mol. The molecule has 4 nitrogen and oxygen atoms in total. The van der Waals surface area contributed by atoms with E-state index < -0.39 is 0 Å². The molecule has 1 saturated heterocycles. The van der Waals surface area contributed by atoms with Crippen LogP contribution < -0.4 is 19.5 Å². The fourth-order valence-corrected chi connectivity index (χ4v) is 3.37. The summed E-state index contributed by atoms with van der Waals surface area (Å²) in [7, 11) is 1.68. The second kappa shape index (κ2) is 4.31. The van der Waals surface area contributed by atoms with Crippen LogP contribution in [0, 0.1) is 0 Å². The first-order chi connectivity index (χ1) is 8.65. The fourth-order valence-electron chi connectivity index (χ4n) is 2.80. The van der Waals surface area contributed by atoms with Gasteiger partial charge in [0.2, 0.25) is 6.79 Å². The Kier molecular flexibility index (Phi) is 2.90. The molecule has 1 aromatic carbocycles. The zero-order valence-corrected chi connectivity index (χ0v) is 12.1. The average molecular weight is 314 g/mol. The number of fused-ring (bicyclic) bond motifs is 1. The summed E-state index contributed by atoms with van der Waals surface area (Å²) in [4.78, 5) is 0. The number of rotatable bonds is 2. The summed E-state index contributed by atoms with van der Waals surface area (Å²) in [5.41, 5.74) is 0.941. The van der Waals surface area contributed by atoms with E-state index in [4.69, 9.17) is 14.2 Å². The van der Waals surface area contributed by atoms with E-state index in [0.29, 0.717) is 0 Å². The number of nitrogens with one attached hydrogen (secondary N) is 1. The number of hydrogen-bond acceptors (Lipinski definition) is 4. The first-order valence-electron chi connectivity index (χ1n) is 6.07. The second-order valence-corrected chi connectivity index (χ2v) is 5.72. The molecule has 18 heavy (non-hydrogen) atoms. The number of ether oxygens (including phenoxy) is 3. The van der Waals surface area contributed by atoms with Crippen molar-refractivity contribution in [2.75, 3.05) is 20.4 Å². The standard InChI is InChI=1S/C13H16BrNO3/c1-13(4-3-5-15-13)10-11(16-2)8(14)6-9-12(10)18-7-17-9/h6,15H,3-5,7H2,1-2H3. The van der Waals surface area contributed by atoms with Crippen molar-refractivity contribution < 1.29 is 14.2 Å². The molecular weight excluding hydrogens is 298 g/mol. The third-order valence-electron chi connectivity index (χ3n) is 3.69. The minimum Gasteiger partial charge on any atom is -0.495 e. The smallest absolute Gasteiger partial charge is 0.231 e. The highest BCUT2D eigenvalue weighted by atomic mass is 79.9. The highest BCUT2D eigenvalue weighted by molar-refractivity contribution is 9.10. The maximum atomic E-state index is 5.64. The molecular formula is C13H16BrNO3. The maximum Gasteiger partial charge on any atom is 0.231 e. The molecule has 0 aromatic heterocycles. The zero-order valence-electron chi connectivity index (χ0n) is 10.5. The van der Waals surface area contributed by atoms with E-state index in [1.807, 2.05) is 6.07 Å². The van der Waals surface area contributed by atoms with Crippen molar-refractivity contribution >= 4 is 15.9 Å². The fraction of sp³-hybridized carbons (Fsp3) is 0.538. The normalized spacial score (nSPS) is 25.5. The van der Waals surface area contributed by atoms with Crippen molar-refractivity contribution in [1.29, 1.82) is 0 Å². The minimum atomic E-state index is -0.118. The molecule has 1 fully saturated rings. The quantitative estimate of drug-likeness (QED) is 0.911. The van der Waals surface area contributed by atoms with Crippen LogP contribution in [-0.2, 0) is 5.54 Å². The predicted molar refractivity (Wildman–Crippen MR) is 71.4 cm³/mol. The van der Waals surface area contributed by atoms with Crippen molar-refractivity contribution in [3.63, 3.8) is 0 Å². The Morgan fingerprint density at radius 3 is 2.94 bits per heavy atom. The molecule has 98 valence electrons. The summed E-state index contributed by atoms with van der Waals surface area (Å²) in [6.45, 7) is 3.48. The van der Waals surface area contributed by atoms with E-state index in [0.717, 1.165) is 46.7 Å². The Morgan fingerprint density at radius 2 is 2.28 bits per heavy atom. The lowest BCUT2D eigenvalue weighted by molar-refractivity contribution is 0.171. The van der Waals surface area contributed by atoms with E-state index in [-0.39, 0.29) is 12.3 Å². The van der Waals surface area contributed by atoms with Gasteiger partial charge in [0.15, 0.2) is 11.5 Å². The van der Waals surface area contributed by atoms with Crippen LogP contribution in [0.4, 0.5) is 0 Å². The van der Waals surface area contributed by atoms with Crippen LogP contribution in [0.3, 0.4) is 0 Å². The van der Waals surface area contributed by atoms with Crippen LogP contribution in [0.5, 0.6) is 17.2 Å². The van der Waals surface area contributed by atoms with E-state index in [2.05, 4.69) is 28.2 Å². The van der Waals surface area contributed by atoms with Crippen LogP contribution in [0.25, 0.3) is 0 Å². The molecule has 5 heteroatoms. The Balaban J connectivity index is 2.22. The zero-order chi connectivity index (χ0) is 12.8. The molecule has 1 aromatic rings. The number of benzene rings is 1. The van der Waals surface area contributed by atoms with Crippen LogP contribution >= 0.6 is 15.9 Å². The Bertz CT molecular complexity index is 480. The Morgan fingerprint density at radius 1 is 1.44 bits per heavy atom. The van der Waals surface area contributed by atoms with Gasteiger partial charge in [0.25, 0.3) is 0 Å². The summed E-state index contributed by atoms with van der Waals surface area (Å²) in [5.74, 6) is 2.43. The van der Waals surface area contributed by atoms with Gasteiger partial charge in [0.1, 0.15) is 5.75 Å². The number of halogens is 1. The van der Waals surface area contributed by atoms with Gasteiger partial charge in [0, 0.05) is 11.6 Å². The largest absolute Gasteiger partial charge is 0.495 e. The Labute approximate surface area is 115 Å². The van der Waals surface area contributed by atoms with Gasteiger partial charge in [-0.3, -0.25) is 0 Å². The maximum absolute atomic E-state index is 5.64. The summed E-state index contributed by atoms with van der Waals surface area (Å²) >= 11 is 3.54. The first-order valence-corrected chi connectivity index (χ1v) is 6.86. The van der Waals surface area contributed by atoms with Gasteiger partial charge in [-0.2, -0.15) is 0 Å². The van der Waals surface area contributed by atoms with Crippen molar-refractivity contribution in [2.45, 2.75) is 25.3 Å². The molecule has 0 saturated carbocycles. The number of methoxy groups -OCH3 is 1. The highest BCUT2D eigenvalue weighted by Crippen LogP contribution is 2.51. The van der Waals surface area contributed by atoms with Gasteiger partial charge in [-0.05, 0) is 42.2 Å². The van der Waals surface area contributed by atoms with E-state index >= 15 is 0 Å². The third-order valence-corrected chi connectivity index (χ3v) is 4.28. The van der Waals surface area contributed by atoms with Crippen LogP contribution in [0.15, 0.2) is 10.5 Å².